The van der Waals surface area contributed by atoms with Crippen LogP contribution in [0.5, 0.6) is 0 Å². The molecule has 0 radical (unpaired) electrons. The summed E-state index contributed by atoms with van der Waals surface area (Å²) in [5.41, 5.74) is 5.68. The Morgan fingerprint density at radius 3 is 2.41 bits per heavy atom. The van der Waals surface area contributed by atoms with Gasteiger partial charge in [0.05, 0.1) is 0 Å². The molecule has 5 rings (SSSR count). The van der Waals surface area contributed by atoms with Gasteiger partial charge in [-0.2, -0.15) is 0 Å². The summed E-state index contributed by atoms with van der Waals surface area (Å²) in [5.74, 6) is 5.97. The van der Waals surface area contributed by atoms with Crippen LogP contribution in [0.4, 0.5) is 10.6 Å². The zero-order valence-corrected chi connectivity index (χ0v) is 24.4. The molecule has 2 aliphatic rings. The normalized spacial score (nSPS) is 15.1. The molecule has 1 saturated heterocycles. The van der Waals surface area contributed by atoms with E-state index < -0.39 is 5.60 Å². The second kappa shape index (κ2) is 13.3. The second-order valence-electron chi connectivity index (χ2n) is 9.53. The first kappa shape index (κ1) is 29.0. The van der Waals surface area contributed by atoms with Crippen molar-refractivity contribution in [2.75, 3.05) is 25.1 Å². The van der Waals surface area contributed by atoms with Gasteiger partial charge in [0.2, 0.25) is 0 Å². The highest BCUT2D eigenvalue weighted by Gasteiger charge is 2.25. The van der Waals surface area contributed by atoms with Gasteiger partial charge in [0.25, 0.3) is 0 Å². The highest BCUT2D eigenvalue weighted by atomic mass is 79.9. The van der Waals surface area contributed by atoms with Gasteiger partial charge in [-0.3, -0.25) is 4.79 Å². The molecule has 1 amide bonds. The summed E-state index contributed by atoms with van der Waals surface area (Å²) >= 11 is 6.58. The van der Waals surface area contributed by atoms with Crippen molar-refractivity contribution < 1.29 is 14.3 Å². The molecular weight excluding hydrogens is 606 g/mol. The number of hydrogen-bond donors (Lipinski definition) is 4. The van der Waals surface area contributed by atoms with E-state index in [1.807, 2.05) is 39.0 Å². The fourth-order valence-electron chi connectivity index (χ4n) is 3.75. The number of ether oxygens (including phenoxy) is 1. The van der Waals surface area contributed by atoms with Crippen LogP contribution < -0.4 is 16.6 Å². The molecule has 3 aromatic rings. The molecule has 200 valence electrons. The first-order chi connectivity index (χ1) is 17.6. The Balaban J connectivity index is 0.000000159. The molecule has 0 atom stereocenters. The fraction of sp³-hybridized carbons (Fsp3) is 0.440. The molecule has 37 heavy (non-hydrogen) atoms. The number of likely N-dealkylation sites (tertiary alicyclic amines) is 1. The molecule has 10 nitrogen and oxygen atoms in total. The van der Waals surface area contributed by atoms with Gasteiger partial charge in [-0.25, -0.2) is 20.6 Å². The smallest absolute Gasteiger partial charge is 0.410 e. The number of anilines is 1. The van der Waals surface area contributed by atoms with E-state index in [9.17, 15) is 9.59 Å². The number of piperidine rings is 1. The van der Waals surface area contributed by atoms with E-state index in [0.717, 1.165) is 34.4 Å². The fourth-order valence-corrected chi connectivity index (χ4v) is 4.40. The lowest BCUT2D eigenvalue weighted by atomic mass is 10.1. The van der Waals surface area contributed by atoms with E-state index in [1.54, 1.807) is 11.0 Å². The number of hydrazine groups is 1. The summed E-state index contributed by atoms with van der Waals surface area (Å²) in [6.45, 7) is 8.50. The molecule has 0 aromatic carbocycles. The number of carbonyl (C=O) groups excluding carboxylic acids is 2. The van der Waals surface area contributed by atoms with Crippen LogP contribution in [0.15, 0.2) is 39.5 Å². The minimum absolute atomic E-state index is 0.227. The molecule has 0 saturated carbocycles. The summed E-state index contributed by atoms with van der Waals surface area (Å²) in [5, 5.41) is 4.62. The Hall–Kier alpha value is -2.54. The van der Waals surface area contributed by atoms with E-state index in [4.69, 9.17) is 10.6 Å². The molecule has 12 heteroatoms. The standard InChI is InChI=1S/C10H10BrN3.C10H17NO3.C5H6BrN3/c11-9-2-1-6-7-5-12-4-3-8(7)13-10(6)14-9;1-10(2,3)14-9(13)11-6-4-8(12)5-7-11;6-4-2-1-3-5(8-4)9-7/h1-2,12H,3-5H2,(H,13,14);4-7H2,1-3H3;1-3H,7H2,(H,8,9). The molecule has 3 aromatic heterocycles. The number of amides is 1. The van der Waals surface area contributed by atoms with E-state index in [2.05, 4.69) is 63.6 Å². The highest BCUT2D eigenvalue weighted by molar-refractivity contribution is 9.10. The third kappa shape index (κ3) is 9.06. The number of nitrogens with two attached hydrogens (primary N) is 1. The summed E-state index contributed by atoms with van der Waals surface area (Å²) in [6.07, 6.45) is 1.67. The number of hydrogen-bond acceptors (Lipinski definition) is 8. The van der Waals surface area contributed by atoms with Crippen LogP contribution in [0.2, 0.25) is 0 Å². The summed E-state index contributed by atoms with van der Waals surface area (Å²) in [6, 6.07) is 9.58. The average molecular weight is 639 g/mol. The number of rotatable bonds is 1. The van der Waals surface area contributed by atoms with Crippen LogP contribution in [0.25, 0.3) is 11.0 Å². The number of ketones is 1. The maximum absolute atomic E-state index is 11.5. The van der Waals surface area contributed by atoms with Crippen LogP contribution in [0.1, 0.15) is 44.9 Å². The lowest BCUT2D eigenvalue weighted by molar-refractivity contribution is -0.121. The SMILES string of the molecule is Brc1ccc2c3c([nH]c2n1)CCNC3.CC(C)(C)OC(=O)N1CCC(=O)CC1.NNc1cccc(Br)n1. The molecule has 0 spiro atoms. The number of nitrogens with one attached hydrogen (secondary N) is 3. The largest absolute Gasteiger partial charge is 0.444 e. The Kier molecular flexibility index (Phi) is 10.4. The Morgan fingerprint density at radius 1 is 1.08 bits per heavy atom. The molecule has 5 N–H and O–H groups in total. The number of fused-ring (bicyclic) bond motifs is 3. The van der Waals surface area contributed by atoms with Gasteiger partial charge in [0, 0.05) is 56.5 Å². The lowest BCUT2D eigenvalue weighted by Gasteiger charge is -2.29. The van der Waals surface area contributed by atoms with Crippen molar-refractivity contribution in [1.29, 1.82) is 0 Å². The molecule has 1 fully saturated rings. The number of nitrogens with zero attached hydrogens (tertiary/aromatic N) is 3. The summed E-state index contributed by atoms with van der Waals surface area (Å²) < 4.78 is 6.85. The number of Topliss-reactive ketones (excluding diaryl/α,β-unsaturated/α-hetero) is 1. The molecule has 0 bridgehead atoms. The third-order valence-electron chi connectivity index (χ3n) is 5.51. The van der Waals surface area contributed by atoms with Crippen LogP contribution in [0, 0.1) is 0 Å². The van der Waals surface area contributed by atoms with Gasteiger partial charge in [0.1, 0.15) is 32.1 Å². The van der Waals surface area contributed by atoms with Crippen molar-refractivity contribution in [3.05, 3.63) is 50.8 Å². The van der Waals surface area contributed by atoms with Crippen molar-refractivity contribution in [2.45, 2.75) is 52.2 Å². The third-order valence-corrected chi connectivity index (χ3v) is 6.39. The maximum Gasteiger partial charge on any atom is 0.410 e. The Morgan fingerprint density at radius 2 is 1.78 bits per heavy atom. The van der Waals surface area contributed by atoms with E-state index in [-0.39, 0.29) is 11.9 Å². The van der Waals surface area contributed by atoms with Crippen molar-refractivity contribution in [1.82, 2.24) is 25.2 Å². The molecule has 0 unspecified atom stereocenters. The number of carbonyl (C=O) groups is 2. The zero-order chi connectivity index (χ0) is 27.0. The van der Waals surface area contributed by atoms with Crippen molar-refractivity contribution in [3.63, 3.8) is 0 Å². The first-order valence-corrected chi connectivity index (χ1v) is 13.6. The van der Waals surface area contributed by atoms with Crippen LogP contribution >= 0.6 is 31.9 Å². The van der Waals surface area contributed by atoms with Crippen LogP contribution in [-0.2, 0) is 22.5 Å². The monoisotopic (exact) mass is 637 g/mol. The number of pyridine rings is 2. The predicted molar refractivity (Wildman–Crippen MR) is 151 cm³/mol. The predicted octanol–water partition coefficient (Wildman–Crippen LogP) is 4.69. The summed E-state index contributed by atoms with van der Waals surface area (Å²) in [7, 11) is 0. The van der Waals surface area contributed by atoms with E-state index >= 15 is 0 Å². The number of halogens is 2. The number of H-pyrrole nitrogens is 1. The van der Waals surface area contributed by atoms with Gasteiger partial charge in [0.15, 0.2) is 0 Å². The number of nitrogen functional groups attached to an aromatic ring is 1. The Labute approximate surface area is 233 Å². The maximum atomic E-state index is 11.5. The highest BCUT2D eigenvalue weighted by Crippen LogP contribution is 2.24. The Bertz CT molecular complexity index is 1220. The van der Waals surface area contributed by atoms with Gasteiger partial charge in [-0.1, -0.05) is 6.07 Å². The van der Waals surface area contributed by atoms with Gasteiger partial charge >= 0.3 is 6.09 Å². The molecule has 0 aliphatic carbocycles. The first-order valence-electron chi connectivity index (χ1n) is 12.0. The van der Waals surface area contributed by atoms with Crippen LogP contribution in [0.3, 0.4) is 0 Å². The average Bonchev–Trinajstić information content (AvgIpc) is 3.21. The van der Waals surface area contributed by atoms with Crippen LogP contribution in [-0.4, -0.2) is 57.0 Å². The molecule has 2 aliphatic heterocycles. The molecule has 5 heterocycles. The minimum Gasteiger partial charge on any atom is -0.444 e. The minimum atomic E-state index is -0.460. The van der Waals surface area contributed by atoms with E-state index in [1.165, 1.54) is 16.6 Å². The topological polar surface area (TPSA) is 138 Å². The number of aromatic amines is 1. The van der Waals surface area contributed by atoms with Gasteiger partial charge in [-0.05, 0) is 82.5 Å². The summed E-state index contributed by atoms with van der Waals surface area (Å²) in [4.78, 5) is 35.8. The van der Waals surface area contributed by atoms with Crippen molar-refractivity contribution >= 4 is 60.6 Å². The van der Waals surface area contributed by atoms with Crippen molar-refractivity contribution in [3.8, 4) is 0 Å². The number of aromatic nitrogens is 3. The quantitative estimate of drug-likeness (QED) is 0.171. The van der Waals surface area contributed by atoms with Gasteiger partial charge < -0.3 is 25.4 Å². The van der Waals surface area contributed by atoms with E-state index in [0.29, 0.717) is 31.7 Å². The van der Waals surface area contributed by atoms with Gasteiger partial charge in [-0.15, -0.1) is 0 Å². The second-order valence-corrected chi connectivity index (χ2v) is 11.2. The zero-order valence-electron chi connectivity index (χ0n) is 21.2. The molecular formula is C25H33Br2N7O3. The lowest BCUT2D eigenvalue weighted by Crippen LogP contribution is -2.41. The van der Waals surface area contributed by atoms with Crippen molar-refractivity contribution in [2.24, 2.45) is 5.84 Å².